The van der Waals surface area contributed by atoms with Gasteiger partial charge in [-0.15, -0.1) is 0 Å². The van der Waals surface area contributed by atoms with E-state index in [9.17, 15) is 4.79 Å². The summed E-state index contributed by atoms with van der Waals surface area (Å²) >= 11 is 1.66. The van der Waals surface area contributed by atoms with Gasteiger partial charge in [-0.1, -0.05) is 23.5 Å². The van der Waals surface area contributed by atoms with Crippen molar-refractivity contribution in [3.05, 3.63) is 69.5 Å². The summed E-state index contributed by atoms with van der Waals surface area (Å²) in [6, 6.07) is 16.4. The SMILES string of the molecule is CCN(CC[I-]COOC)c1ccc2cc(/C=C/c3sc4ccccc4[n+]3CC)c(=O)oc2c1. The Morgan fingerprint density at radius 1 is 1.15 bits per heavy atom. The topological polar surface area (TPSA) is 55.8 Å². The molecule has 0 aliphatic heterocycles. The molecule has 0 saturated carbocycles. The first-order chi connectivity index (χ1) is 16.6. The van der Waals surface area contributed by atoms with Gasteiger partial charge in [-0.05, 0) is 13.0 Å². The average Bonchev–Trinajstić information content (AvgIpc) is 3.22. The first-order valence-electron chi connectivity index (χ1n) is 11.3. The number of aryl methyl sites for hydroxylation is 1. The van der Waals surface area contributed by atoms with Gasteiger partial charge in [0.1, 0.15) is 11.2 Å². The van der Waals surface area contributed by atoms with Gasteiger partial charge in [-0.3, -0.25) is 0 Å². The normalized spacial score (nSPS) is 11.9. The second-order valence-corrected chi connectivity index (χ2v) is 11.4. The van der Waals surface area contributed by atoms with E-state index in [0.29, 0.717) is 15.8 Å². The molecule has 0 spiro atoms. The molecule has 180 valence electrons. The van der Waals surface area contributed by atoms with Crippen LogP contribution in [0, 0.1) is 0 Å². The van der Waals surface area contributed by atoms with Gasteiger partial charge in [-0.25, -0.2) is 0 Å². The Balaban J connectivity index is 1.56. The van der Waals surface area contributed by atoms with E-state index in [0.717, 1.165) is 40.1 Å². The molecule has 0 fully saturated rings. The molecular weight excluding hydrogens is 563 g/mol. The summed E-state index contributed by atoms with van der Waals surface area (Å²) in [5.41, 5.74) is 3.11. The molecule has 34 heavy (non-hydrogen) atoms. The third kappa shape index (κ3) is 5.68. The Kier molecular flexibility index (Phi) is 8.71. The van der Waals surface area contributed by atoms with Gasteiger partial charge >= 0.3 is 151 Å². The number of benzene rings is 2. The number of hydrogen-bond acceptors (Lipinski definition) is 6. The monoisotopic (exact) mass is 592 g/mol. The Morgan fingerprint density at radius 2 is 2.00 bits per heavy atom. The van der Waals surface area contributed by atoms with Gasteiger partial charge < -0.3 is 0 Å². The van der Waals surface area contributed by atoms with Crippen LogP contribution in [0.2, 0.25) is 0 Å². The van der Waals surface area contributed by atoms with Crippen molar-refractivity contribution in [1.29, 1.82) is 0 Å². The van der Waals surface area contributed by atoms with Crippen LogP contribution < -0.4 is 36.3 Å². The number of thiazole rings is 1. The number of halogens is 1. The molecule has 2 aromatic carbocycles. The van der Waals surface area contributed by atoms with Gasteiger partial charge in [-0.2, -0.15) is 4.57 Å². The minimum atomic E-state index is -0.323. The summed E-state index contributed by atoms with van der Waals surface area (Å²) in [7, 11) is 1.54. The maximum atomic E-state index is 12.7. The van der Waals surface area contributed by atoms with Crippen LogP contribution in [0.25, 0.3) is 33.3 Å². The zero-order chi connectivity index (χ0) is 23.9. The molecule has 0 aliphatic carbocycles. The molecule has 4 aromatic rings. The third-order valence-electron chi connectivity index (χ3n) is 5.58. The predicted molar refractivity (Wildman–Crippen MR) is 135 cm³/mol. The predicted octanol–water partition coefficient (Wildman–Crippen LogP) is 1.94. The summed E-state index contributed by atoms with van der Waals surface area (Å²) in [6.45, 7) is 6.97. The summed E-state index contributed by atoms with van der Waals surface area (Å²) in [4.78, 5) is 24.7. The quantitative estimate of drug-likeness (QED) is 0.0507. The van der Waals surface area contributed by atoms with Gasteiger partial charge in [0, 0.05) is 6.07 Å². The standard InChI is InChI=1S/C26H29IN2O4S/c1-4-28(15-14-27-18-32-31-3)21-12-10-19-16-20(26(30)33-23(19)17-21)11-13-25-29(5-2)22-8-6-7-9-24(22)34-25/h6-13,16-17H,4-5,14-15,18H2,1-3H3. The van der Waals surface area contributed by atoms with Gasteiger partial charge in [0.25, 0.3) is 0 Å². The first kappa shape index (κ1) is 24.8. The second-order valence-electron chi connectivity index (χ2n) is 7.55. The number of alkyl halides is 2. The van der Waals surface area contributed by atoms with Crippen molar-refractivity contribution < 1.29 is 40.0 Å². The fourth-order valence-electron chi connectivity index (χ4n) is 3.86. The Labute approximate surface area is 213 Å². The van der Waals surface area contributed by atoms with E-state index >= 15 is 0 Å². The molecule has 0 N–H and O–H groups in total. The Morgan fingerprint density at radius 3 is 2.79 bits per heavy atom. The molecule has 0 saturated heterocycles. The molecule has 0 unspecified atom stereocenters. The molecule has 6 nitrogen and oxygen atoms in total. The van der Waals surface area contributed by atoms with Crippen LogP contribution in [0.5, 0.6) is 0 Å². The van der Waals surface area contributed by atoms with E-state index in [1.165, 1.54) is 17.3 Å². The molecule has 0 radical (unpaired) electrons. The van der Waals surface area contributed by atoms with Crippen molar-refractivity contribution in [3.63, 3.8) is 0 Å². The van der Waals surface area contributed by atoms with Crippen molar-refractivity contribution in [1.82, 2.24) is 0 Å². The van der Waals surface area contributed by atoms with Gasteiger partial charge in [0.2, 0.25) is 5.52 Å². The molecule has 0 atom stereocenters. The van der Waals surface area contributed by atoms with Crippen LogP contribution in [-0.2, 0) is 16.3 Å². The van der Waals surface area contributed by atoms with Gasteiger partial charge in [0.05, 0.1) is 0 Å². The van der Waals surface area contributed by atoms with Gasteiger partial charge in [0.15, 0.2) is 0 Å². The number of nitrogens with zero attached hydrogens (tertiary/aromatic N) is 2. The molecule has 2 aromatic heterocycles. The summed E-state index contributed by atoms with van der Waals surface area (Å²) < 4.78 is 11.0. The zero-order valence-corrected chi connectivity index (χ0v) is 22.6. The number of aromatic nitrogens is 1. The molecule has 0 bridgehead atoms. The van der Waals surface area contributed by atoms with E-state index in [4.69, 9.17) is 9.30 Å². The van der Waals surface area contributed by atoms with Crippen LogP contribution in [0.1, 0.15) is 24.4 Å². The molecular formula is C26H29IN2O4S. The van der Waals surface area contributed by atoms with E-state index in [-0.39, 0.29) is 26.8 Å². The third-order valence-corrected chi connectivity index (χ3v) is 8.65. The van der Waals surface area contributed by atoms with Crippen LogP contribution in [0.15, 0.2) is 57.7 Å². The molecule has 0 aliphatic rings. The number of para-hydroxylation sites is 1. The summed E-state index contributed by atoms with van der Waals surface area (Å²) in [5.74, 6) is 0. The molecule has 4 rings (SSSR count). The van der Waals surface area contributed by atoms with Crippen LogP contribution in [0.3, 0.4) is 0 Å². The van der Waals surface area contributed by atoms with E-state index in [1.54, 1.807) is 11.3 Å². The van der Waals surface area contributed by atoms with E-state index in [2.05, 4.69) is 58.5 Å². The van der Waals surface area contributed by atoms with Crippen molar-refractivity contribution in [3.8, 4) is 0 Å². The molecule has 8 heteroatoms. The van der Waals surface area contributed by atoms with Crippen molar-refractivity contribution in [2.45, 2.75) is 20.4 Å². The maximum absolute atomic E-state index is 12.7. The fraction of sp³-hybridized carbons (Fsp3) is 0.308. The van der Waals surface area contributed by atoms with E-state index < -0.39 is 0 Å². The van der Waals surface area contributed by atoms with Crippen molar-refractivity contribution in [2.24, 2.45) is 0 Å². The minimum absolute atomic E-state index is 0.0643. The molecule has 2 heterocycles. The Bertz CT molecular complexity index is 1350. The first-order valence-corrected chi connectivity index (χ1v) is 15.1. The van der Waals surface area contributed by atoms with Crippen molar-refractivity contribution in [2.75, 3.05) is 34.1 Å². The zero-order valence-electron chi connectivity index (χ0n) is 19.6. The number of anilines is 1. The van der Waals surface area contributed by atoms with Crippen molar-refractivity contribution >= 4 is 50.4 Å². The molecule has 0 amide bonds. The second kappa shape index (κ2) is 11.9. The number of rotatable bonds is 11. The summed E-state index contributed by atoms with van der Waals surface area (Å²) in [5, 5.41) is 2.02. The fourth-order valence-corrected chi connectivity index (χ4v) is 6.65. The van der Waals surface area contributed by atoms with E-state index in [1.807, 2.05) is 30.4 Å². The van der Waals surface area contributed by atoms with Crippen LogP contribution in [-0.4, -0.2) is 29.2 Å². The summed E-state index contributed by atoms with van der Waals surface area (Å²) in [6.07, 6.45) is 3.87. The van der Waals surface area contributed by atoms with Crippen LogP contribution >= 0.6 is 11.3 Å². The number of fused-ring (bicyclic) bond motifs is 2. The van der Waals surface area contributed by atoms with Crippen LogP contribution in [0.4, 0.5) is 5.69 Å². The Hall–Kier alpha value is -2.27. The average molecular weight is 592 g/mol. The number of hydrogen-bond donors (Lipinski definition) is 0.